The molecular formula is C28H22O6. The maximum absolute atomic E-state index is 13.7. The van der Waals surface area contributed by atoms with Crippen molar-refractivity contribution in [2.45, 2.75) is 6.92 Å². The molecule has 170 valence electrons. The summed E-state index contributed by atoms with van der Waals surface area (Å²) in [6, 6.07) is 19.3. The van der Waals surface area contributed by atoms with Gasteiger partial charge in [0, 0.05) is 28.2 Å². The summed E-state index contributed by atoms with van der Waals surface area (Å²) in [5.74, 6) is -0.0136. The van der Waals surface area contributed by atoms with Crippen LogP contribution in [-0.2, 0) is 9.53 Å². The van der Waals surface area contributed by atoms with Gasteiger partial charge < -0.3 is 13.9 Å². The van der Waals surface area contributed by atoms with E-state index in [2.05, 4.69) is 4.74 Å². The van der Waals surface area contributed by atoms with Crippen molar-refractivity contribution in [1.29, 1.82) is 0 Å². The minimum atomic E-state index is -0.502. The van der Waals surface area contributed by atoms with E-state index in [9.17, 15) is 14.4 Å². The van der Waals surface area contributed by atoms with Crippen molar-refractivity contribution in [3.05, 3.63) is 95.1 Å². The lowest BCUT2D eigenvalue weighted by Crippen LogP contribution is -2.03. The SMILES string of the molecule is COC(=O)/C=C/c1cc(OC)c2oc(-c3ccccc3)c(C(=O)c3ccc(C(C)=O)cc3)c2c1. The van der Waals surface area contributed by atoms with E-state index in [1.165, 1.54) is 27.2 Å². The minimum Gasteiger partial charge on any atom is -0.493 e. The van der Waals surface area contributed by atoms with Crippen molar-refractivity contribution in [2.75, 3.05) is 14.2 Å². The summed E-state index contributed by atoms with van der Waals surface area (Å²) < 4.78 is 16.4. The summed E-state index contributed by atoms with van der Waals surface area (Å²) >= 11 is 0. The number of ether oxygens (including phenoxy) is 2. The van der Waals surface area contributed by atoms with E-state index in [0.717, 1.165) is 5.56 Å². The summed E-state index contributed by atoms with van der Waals surface area (Å²) in [6.45, 7) is 1.48. The molecule has 0 amide bonds. The first-order valence-electron chi connectivity index (χ1n) is 10.5. The zero-order chi connectivity index (χ0) is 24.2. The molecule has 0 aliphatic rings. The number of hydrogen-bond acceptors (Lipinski definition) is 6. The van der Waals surface area contributed by atoms with Gasteiger partial charge in [-0.3, -0.25) is 9.59 Å². The second kappa shape index (κ2) is 9.58. The van der Waals surface area contributed by atoms with E-state index in [4.69, 9.17) is 9.15 Å². The molecule has 6 heteroatoms. The second-order valence-electron chi connectivity index (χ2n) is 7.59. The molecule has 0 fully saturated rings. The van der Waals surface area contributed by atoms with Gasteiger partial charge in [-0.25, -0.2) is 4.79 Å². The van der Waals surface area contributed by atoms with Gasteiger partial charge in [0.1, 0.15) is 5.76 Å². The van der Waals surface area contributed by atoms with Gasteiger partial charge in [-0.2, -0.15) is 0 Å². The summed E-state index contributed by atoms with van der Waals surface area (Å²) in [5.41, 5.74) is 3.09. The maximum atomic E-state index is 13.7. The van der Waals surface area contributed by atoms with Crippen molar-refractivity contribution in [2.24, 2.45) is 0 Å². The van der Waals surface area contributed by atoms with Crippen molar-refractivity contribution >= 4 is 34.6 Å². The molecule has 0 atom stereocenters. The Balaban J connectivity index is 1.96. The molecule has 4 rings (SSSR count). The standard InChI is InChI=1S/C28H22O6/c1-17(29)19-10-12-20(13-11-19)26(31)25-22-15-18(9-14-24(30)33-3)16-23(32-2)28(22)34-27(25)21-7-5-4-6-8-21/h4-16H,1-3H3/b14-9+. The summed E-state index contributed by atoms with van der Waals surface area (Å²) in [5, 5.41) is 0.545. The monoisotopic (exact) mass is 454 g/mol. The number of ketones is 2. The maximum Gasteiger partial charge on any atom is 0.330 e. The van der Waals surface area contributed by atoms with Gasteiger partial charge in [-0.1, -0.05) is 54.6 Å². The molecule has 0 saturated carbocycles. The van der Waals surface area contributed by atoms with E-state index in [0.29, 0.717) is 44.7 Å². The van der Waals surface area contributed by atoms with E-state index in [-0.39, 0.29) is 11.6 Å². The number of Topliss-reactive ketones (excluding diaryl/α,β-unsaturated/α-hetero) is 1. The van der Waals surface area contributed by atoms with Crippen molar-refractivity contribution in [3.8, 4) is 17.1 Å². The summed E-state index contributed by atoms with van der Waals surface area (Å²) in [7, 11) is 2.81. The highest BCUT2D eigenvalue weighted by Gasteiger charge is 2.25. The Morgan fingerprint density at radius 1 is 0.882 bits per heavy atom. The van der Waals surface area contributed by atoms with Crippen LogP contribution in [0, 0.1) is 0 Å². The van der Waals surface area contributed by atoms with Crippen LogP contribution in [0.5, 0.6) is 5.75 Å². The van der Waals surface area contributed by atoms with Crippen LogP contribution in [0.2, 0.25) is 0 Å². The summed E-state index contributed by atoms with van der Waals surface area (Å²) in [6.07, 6.45) is 2.87. The van der Waals surface area contributed by atoms with Crippen LogP contribution >= 0.6 is 0 Å². The van der Waals surface area contributed by atoms with Gasteiger partial charge in [-0.05, 0) is 30.7 Å². The fourth-order valence-electron chi connectivity index (χ4n) is 3.69. The third-order valence-electron chi connectivity index (χ3n) is 5.43. The highest BCUT2D eigenvalue weighted by Crippen LogP contribution is 2.40. The Bertz CT molecular complexity index is 1410. The van der Waals surface area contributed by atoms with Gasteiger partial charge in [0.15, 0.2) is 22.9 Å². The third-order valence-corrected chi connectivity index (χ3v) is 5.43. The highest BCUT2D eigenvalue weighted by molar-refractivity contribution is 6.20. The first-order chi connectivity index (χ1) is 16.4. The summed E-state index contributed by atoms with van der Waals surface area (Å²) in [4.78, 5) is 37.0. The molecule has 0 aliphatic heterocycles. The van der Waals surface area contributed by atoms with Crippen LogP contribution < -0.4 is 4.74 Å². The Morgan fingerprint density at radius 3 is 2.18 bits per heavy atom. The van der Waals surface area contributed by atoms with Crippen molar-refractivity contribution < 1.29 is 28.3 Å². The fourth-order valence-corrected chi connectivity index (χ4v) is 3.69. The first kappa shape index (κ1) is 22.7. The molecule has 4 aromatic rings. The topological polar surface area (TPSA) is 82.8 Å². The van der Waals surface area contributed by atoms with Crippen molar-refractivity contribution in [3.63, 3.8) is 0 Å². The van der Waals surface area contributed by atoms with E-state index >= 15 is 0 Å². The highest BCUT2D eigenvalue weighted by atomic mass is 16.5. The van der Waals surface area contributed by atoms with E-state index in [1.807, 2.05) is 30.3 Å². The normalized spacial score (nSPS) is 11.0. The van der Waals surface area contributed by atoms with Gasteiger partial charge in [-0.15, -0.1) is 0 Å². The van der Waals surface area contributed by atoms with Gasteiger partial charge in [0.2, 0.25) is 0 Å². The molecule has 1 aromatic heterocycles. The van der Waals surface area contributed by atoms with E-state index in [1.54, 1.807) is 42.5 Å². The predicted molar refractivity (Wildman–Crippen MR) is 129 cm³/mol. The quantitative estimate of drug-likeness (QED) is 0.202. The molecule has 0 N–H and O–H groups in total. The first-order valence-corrected chi connectivity index (χ1v) is 10.5. The smallest absolute Gasteiger partial charge is 0.330 e. The molecule has 0 radical (unpaired) electrons. The van der Waals surface area contributed by atoms with Crippen LogP contribution in [0.3, 0.4) is 0 Å². The Labute approximate surface area is 196 Å². The van der Waals surface area contributed by atoms with Gasteiger partial charge in [0.05, 0.1) is 19.8 Å². The number of rotatable bonds is 7. The Hall–Kier alpha value is -4.45. The molecule has 0 unspecified atom stereocenters. The molecular weight excluding hydrogens is 432 g/mol. The molecule has 6 nitrogen and oxygen atoms in total. The third kappa shape index (κ3) is 4.38. The number of hydrogen-bond donors (Lipinski definition) is 0. The average molecular weight is 454 g/mol. The Kier molecular flexibility index (Phi) is 6.41. The van der Waals surface area contributed by atoms with Gasteiger partial charge in [0.25, 0.3) is 0 Å². The molecule has 0 aliphatic carbocycles. The van der Waals surface area contributed by atoms with Crippen LogP contribution in [0.25, 0.3) is 28.4 Å². The largest absolute Gasteiger partial charge is 0.493 e. The predicted octanol–water partition coefficient (Wildman–Crippen LogP) is 5.73. The molecule has 34 heavy (non-hydrogen) atoms. The lowest BCUT2D eigenvalue weighted by atomic mass is 9.95. The number of benzene rings is 3. The number of carbonyl (C=O) groups is 3. The zero-order valence-electron chi connectivity index (χ0n) is 19.0. The van der Waals surface area contributed by atoms with Gasteiger partial charge >= 0.3 is 5.97 Å². The molecule has 0 saturated heterocycles. The fraction of sp³-hybridized carbons (Fsp3) is 0.107. The molecule has 3 aromatic carbocycles. The van der Waals surface area contributed by atoms with E-state index < -0.39 is 5.97 Å². The van der Waals surface area contributed by atoms with Crippen LogP contribution in [0.15, 0.2) is 77.2 Å². The van der Waals surface area contributed by atoms with Crippen LogP contribution in [0.4, 0.5) is 0 Å². The number of carbonyl (C=O) groups excluding carboxylic acids is 3. The number of esters is 1. The number of fused-ring (bicyclic) bond motifs is 1. The second-order valence-corrected chi connectivity index (χ2v) is 7.59. The molecule has 0 spiro atoms. The molecule has 1 heterocycles. The van der Waals surface area contributed by atoms with Crippen LogP contribution in [0.1, 0.15) is 38.8 Å². The van der Waals surface area contributed by atoms with Crippen molar-refractivity contribution in [1.82, 2.24) is 0 Å². The van der Waals surface area contributed by atoms with Crippen LogP contribution in [-0.4, -0.2) is 31.8 Å². The Morgan fingerprint density at radius 2 is 1.56 bits per heavy atom. The number of furan rings is 1. The zero-order valence-corrected chi connectivity index (χ0v) is 19.0. The minimum absolute atomic E-state index is 0.0792. The average Bonchev–Trinajstić information content (AvgIpc) is 3.26. The lowest BCUT2D eigenvalue weighted by molar-refractivity contribution is -0.134. The molecule has 0 bridgehead atoms. The lowest BCUT2D eigenvalue weighted by Gasteiger charge is -2.05. The number of methoxy groups -OCH3 is 2.